The second kappa shape index (κ2) is 9.60. The minimum absolute atomic E-state index is 0.0911. The van der Waals surface area contributed by atoms with E-state index in [0.29, 0.717) is 6.04 Å². The molecule has 6 heteroatoms. The highest BCUT2D eigenvalue weighted by Gasteiger charge is 2.22. The molecule has 0 bridgehead atoms. The van der Waals surface area contributed by atoms with Gasteiger partial charge in [-0.1, -0.05) is 0 Å². The Hall–Kier alpha value is -1.30. The number of hydrogen-bond donors (Lipinski definition) is 3. The monoisotopic (exact) mass is 297 g/mol. The molecule has 6 nitrogen and oxygen atoms in total. The quantitative estimate of drug-likeness (QED) is 0.364. The molecule has 122 valence electrons. The molecule has 0 aliphatic carbocycles. The van der Waals surface area contributed by atoms with Crippen LogP contribution in [0.25, 0.3) is 0 Å². The highest BCUT2D eigenvalue weighted by molar-refractivity contribution is 5.79. The van der Waals surface area contributed by atoms with Crippen molar-refractivity contribution in [2.75, 3.05) is 33.2 Å². The van der Waals surface area contributed by atoms with Gasteiger partial charge in [-0.3, -0.25) is 9.79 Å². The van der Waals surface area contributed by atoms with E-state index in [1.54, 1.807) is 7.05 Å². The Morgan fingerprint density at radius 3 is 2.52 bits per heavy atom. The van der Waals surface area contributed by atoms with Crippen LogP contribution < -0.4 is 16.4 Å². The molecule has 1 aliphatic rings. The van der Waals surface area contributed by atoms with Crippen LogP contribution in [0.2, 0.25) is 0 Å². The Morgan fingerprint density at radius 2 is 2.00 bits per heavy atom. The number of guanidine groups is 1. The van der Waals surface area contributed by atoms with E-state index in [1.165, 1.54) is 0 Å². The molecule has 0 spiro atoms. The summed E-state index contributed by atoms with van der Waals surface area (Å²) in [5.74, 6) is 0.823. The molecule has 1 rings (SSSR count). The Kier molecular flexibility index (Phi) is 8.12. The molecule has 0 aromatic rings. The number of rotatable bonds is 7. The summed E-state index contributed by atoms with van der Waals surface area (Å²) in [7, 11) is 1.79. The van der Waals surface area contributed by atoms with Gasteiger partial charge in [-0.15, -0.1) is 0 Å². The minimum Gasteiger partial charge on any atom is -0.369 e. The van der Waals surface area contributed by atoms with Gasteiger partial charge in [0.15, 0.2) is 5.96 Å². The lowest BCUT2D eigenvalue weighted by atomic mass is 9.96. The van der Waals surface area contributed by atoms with Crippen molar-refractivity contribution in [2.45, 2.75) is 45.6 Å². The first-order chi connectivity index (χ1) is 10.0. The molecule has 0 unspecified atom stereocenters. The predicted octanol–water partition coefficient (Wildman–Crippen LogP) is 0.537. The number of primary amides is 1. The first-order valence-electron chi connectivity index (χ1n) is 8.01. The van der Waals surface area contributed by atoms with Crippen LogP contribution in [0.15, 0.2) is 4.99 Å². The van der Waals surface area contributed by atoms with Crippen molar-refractivity contribution < 1.29 is 4.79 Å². The molecule has 4 N–H and O–H groups in total. The maximum Gasteiger partial charge on any atom is 0.220 e. The smallest absolute Gasteiger partial charge is 0.220 e. The van der Waals surface area contributed by atoms with Crippen molar-refractivity contribution in [3.05, 3.63) is 0 Å². The molecule has 0 radical (unpaired) electrons. The van der Waals surface area contributed by atoms with Gasteiger partial charge >= 0.3 is 0 Å². The van der Waals surface area contributed by atoms with E-state index < -0.39 is 0 Å². The third-order valence-electron chi connectivity index (χ3n) is 3.83. The van der Waals surface area contributed by atoms with Gasteiger partial charge in [-0.2, -0.15) is 0 Å². The molecule has 1 saturated heterocycles. The SMILES string of the molecule is CN=C(NCCCCN1CCC(C(N)=O)CC1)NC(C)C. The number of nitrogens with zero attached hydrogens (tertiary/aromatic N) is 2. The molecule has 0 saturated carbocycles. The van der Waals surface area contributed by atoms with Crippen molar-refractivity contribution in [1.82, 2.24) is 15.5 Å². The van der Waals surface area contributed by atoms with Crippen molar-refractivity contribution in [2.24, 2.45) is 16.6 Å². The summed E-state index contributed by atoms with van der Waals surface area (Å²) in [5.41, 5.74) is 5.35. The molecule has 0 aromatic carbocycles. The van der Waals surface area contributed by atoms with Gasteiger partial charge in [0.2, 0.25) is 5.91 Å². The van der Waals surface area contributed by atoms with E-state index in [2.05, 4.69) is 34.4 Å². The maximum absolute atomic E-state index is 11.1. The summed E-state index contributed by atoms with van der Waals surface area (Å²) >= 11 is 0. The van der Waals surface area contributed by atoms with E-state index in [-0.39, 0.29) is 11.8 Å². The number of aliphatic imine (C=N–C) groups is 1. The summed E-state index contributed by atoms with van der Waals surface area (Å²) < 4.78 is 0. The average molecular weight is 297 g/mol. The Balaban J connectivity index is 2.06. The molecule has 0 atom stereocenters. The van der Waals surface area contributed by atoms with E-state index in [1.807, 2.05) is 0 Å². The standard InChI is InChI=1S/C15H31N5O/c1-12(2)19-15(17-3)18-8-4-5-9-20-10-6-13(7-11-20)14(16)21/h12-13H,4-11H2,1-3H3,(H2,16,21)(H2,17,18,19). The first-order valence-corrected chi connectivity index (χ1v) is 8.01. The summed E-state index contributed by atoms with van der Waals surface area (Å²) in [6, 6.07) is 0.391. The third-order valence-corrected chi connectivity index (χ3v) is 3.83. The van der Waals surface area contributed by atoms with Gasteiger partial charge in [0.25, 0.3) is 0 Å². The number of nitrogens with one attached hydrogen (secondary N) is 2. The van der Waals surface area contributed by atoms with Crippen LogP contribution in [0.3, 0.4) is 0 Å². The van der Waals surface area contributed by atoms with Crippen LogP contribution in [0, 0.1) is 5.92 Å². The highest BCUT2D eigenvalue weighted by atomic mass is 16.1. The Labute approximate surface area is 128 Å². The number of nitrogens with two attached hydrogens (primary N) is 1. The van der Waals surface area contributed by atoms with Gasteiger partial charge in [0, 0.05) is 25.6 Å². The highest BCUT2D eigenvalue weighted by Crippen LogP contribution is 2.16. The summed E-state index contributed by atoms with van der Waals surface area (Å²) in [5, 5.41) is 6.59. The summed E-state index contributed by atoms with van der Waals surface area (Å²) in [6.45, 7) is 8.23. The van der Waals surface area contributed by atoms with Crippen molar-refractivity contribution >= 4 is 11.9 Å². The second-order valence-electron chi connectivity index (χ2n) is 6.02. The molecule has 1 fully saturated rings. The normalized spacial score (nSPS) is 18.0. The van der Waals surface area contributed by atoms with E-state index >= 15 is 0 Å². The van der Waals surface area contributed by atoms with Crippen molar-refractivity contribution in [3.8, 4) is 0 Å². The van der Waals surface area contributed by atoms with E-state index in [9.17, 15) is 4.79 Å². The van der Waals surface area contributed by atoms with Gasteiger partial charge in [0.1, 0.15) is 0 Å². The zero-order valence-corrected chi connectivity index (χ0v) is 13.7. The van der Waals surface area contributed by atoms with Crippen LogP contribution in [0.5, 0.6) is 0 Å². The topological polar surface area (TPSA) is 82.8 Å². The average Bonchev–Trinajstić information content (AvgIpc) is 2.45. The van der Waals surface area contributed by atoms with Crippen LogP contribution in [-0.4, -0.2) is 56.0 Å². The van der Waals surface area contributed by atoms with Gasteiger partial charge in [-0.05, 0) is 59.2 Å². The number of carbonyl (C=O) groups excluding carboxylic acids is 1. The lowest BCUT2D eigenvalue weighted by Gasteiger charge is -2.30. The van der Waals surface area contributed by atoms with Crippen LogP contribution >= 0.6 is 0 Å². The molecule has 1 heterocycles. The number of hydrogen-bond acceptors (Lipinski definition) is 3. The number of likely N-dealkylation sites (tertiary alicyclic amines) is 1. The van der Waals surface area contributed by atoms with Crippen LogP contribution in [0.1, 0.15) is 39.5 Å². The predicted molar refractivity (Wildman–Crippen MR) is 87.2 cm³/mol. The van der Waals surface area contributed by atoms with Crippen molar-refractivity contribution in [1.29, 1.82) is 0 Å². The Bertz CT molecular complexity index is 335. The lowest BCUT2D eigenvalue weighted by molar-refractivity contribution is -0.123. The largest absolute Gasteiger partial charge is 0.369 e. The molecular weight excluding hydrogens is 266 g/mol. The number of amides is 1. The van der Waals surface area contributed by atoms with Gasteiger partial charge in [0.05, 0.1) is 0 Å². The fourth-order valence-electron chi connectivity index (χ4n) is 2.58. The van der Waals surface area contributed by atoms with Crippen molar-refractivity contribution in [3.63, 3.8) is 0 Å². The molecular formula is C15H31N5O. The fourth-order valence-corrected chi connectivity index (χ4v) is 2.58. The third kappa shape index (κ3) is 7.32. The Morgan fingerprint density at radius 1 is 1.33 bits per heavy atom. The minimum atomic E-state index is -0.136. The maximum atomic E-state index is 11.1. The first kappa shape index (κ1) is 17.8. The van der Waals surface area contributed by atoms with E-state index in [0.717, 1.165) is 57.8 Å². The molecule has 21 heavy (non-hydrogen) atoms. The second-order valence-corrected chi connectivity index (χ2v) is 6.02. The molecule has 0 aromatic heterocycles. The van der Waals surface area contributed by atoms with Gasteiger partial charge in [-0.25, -0.2) is 0 Å². The lowest BCUT2D eigenvalue weighted by Crippen LogP contribution is -2.41. The van der Waals surface area contributed by atoms with Crippen LogP contribution in [-0.2, 0) is 4.79 Å². The van der Waals surface area contributed by atoms with Gasteiger partial charge < -0.3 is 21.3 Å². The number of carbonyl (C=O) groups is 1. The zero-order valence-electron chi connectivity index (χ0n) is 13.7. The zero-order chi connectivity index (χ0) is 15.7. The number of piperidine rings is 1. The molecule has 1 aliphatic heterocycles. The fraction of sp³-hybridized carbons (Fsp3) is 0.867. The van der Waals surface area contributed by atoms with Crippen LogP contribution in [0.4, 0.5) is 0 Å². The van der Waals surface area contributed by atoms with E-state index in [4.69, 9.17) is 5.73 Å². The summed E-state index contributed by atoms with van der Waals surface area (Å²) in [4.78, 5) is 17.7. The summed E-state index contributed by atoms with van der Waals surface area (Å²) in [6.07, 6.45) is 4.11. The number of unbranched alkanes of at least 4 members (excludes halogenated alkanes) is 1. The molecule has 1 amide bonds.